The van der Waals surface area contributed by atoms with Gasteiger partial charge in [-0.1, -0.05) is 54.5 Å². The van der Waals surface area contributed by atoms with Crippen molar-refractivity contribution in [3.8, 4) is 11.5 Å². The van der Waals surface area contributed by atoms with E-state index in [1.165, 1.54) is 19.1 Å². The number of carboxylic acid groups (broad SMARTS) is 1. The van der Waals surface area contributed by atoms with Crippen LogP contribution in [0.25, 0.3) is 0 Å². The van der Waals surface area contributed by atoms with Gasteiger partial charge in [-0.25, -0.2) is 0 Å². The van der Waals surface area contributed by atoms with Gasteiger partial charge in [-0.05, 0) is 34.4 Å². The van der Waals surface area contributed by atoms with Crippen LogP contribution in [0.5, 0.6) is 11.5 Å². The quantitative estimate of drug-likeness (QED) is 0.364. The Balaban J connectivity index is 3.44. The number of nitrogens with two attached hydrogens (primary N) is 1. The molecule has 3 N–H and O–H groups in total. The predicted octanol–water partition coefficient (Wildman–Crippen LogP) is 4.06. The van der Waals surface area contributed by atoms with Gasteiger partial charge in [-0.3, -0.25) is 19.2 Å². The van der Waals surface area contributed by atoms with Gasteiger partial charge in [0.25, 0.3) is 0 Å². The standard InChI is InChI=1S/C26H39NO8/c1-15(14-33-16(2)28)22(23(27)24(31)32)17-9-10-18(34-20(29)12-25(3,4)5)19(11-17)35-21(30)13-26(6,7)8/h9-11,15,22-23H,12-14,27H2,1-8H3,(H,31,32)/t15?,22?,23-/m0/s1. The molecule has 2 unspecified atom stereocenters. The molecule has 0 fully saturated rings. The van der Waals surface area contributed by atoms with Crippen LogP contribution in [-0.2, 0) is 23.9 Å². The number of carboxylic acids is 1. The van der Waals surface area contributed by atoms with E-state index in [9.17, 15) is 24.3 Å². The fourth-order valence-electron chi connectivity index (χ4n) is 3.48. The van der Waals surface area contributed by atoms with Crippen LogP contribution in [0.2, 0.25) is 0 Å². The third kappa shape index (κ3) is 10.9. The second kappa shape index (κ2) is 12.2. The van der Waals surface area contributed by atoms with Crippen molar-refractivity contribution in [1.82, 2.24) is 0 Å². The fourth-order valence-corrected chi connectivity index (χ4v) is 3.48. The number of ether oxygens (including phenoxy) is 3. The predicted molar refractivity (Wildman–Crippen MR) is 130 cm³/mol. The van der Waals surface area contributed by atoms with Crippen LogP contribution in [0.15, 0.2) is 18.2 Å². The van der Waals surface area contributed by atoms with E-state index >= 15 is 0 Å². The first-order valence-corrected chi connectivity index (χ1v) is 11.6. The average Bonchev–Trinajstić information content (AvgIpc) is 2.65. The van der Waals surface area contributed by atoms with Crippen molar-refractivity contribution >= 4 is 23.9 Å². The molecule has 9 nitrogen and oxygen atoms in total. The third-order valence-electron chi connectivity index (χ3n) is 4.98. The Labute approximate surface area is 207 Å². The molecular formula is C26H39NO8. The van der Waals surface area contributed by atoms with E-state index < -0.39 is 41.8 Å². The molecule has 196 valence electrons. The molecule has 0 saturated heterocycles. The minimum atomic E-state index is -1.33. The van der Waals surface area contributed by atoms with Gasteiger partial charge in [-0.15, -0.1) is 0 Å². The van der Waals surface area contributed by atoms with Crippen LogP contribution in [0, 0.1) is 16.7 Å². The summed E-state index contributed by atoms with van der Waals surface area (Å²) >= 11 is 0. The second-order valence-corrected chi connectivity index (χ2v) is 11.3. The molecule has 1 aromatic carbocycles. The molecule has 1 rings (SSSR count). The van der Waals surface area contributed by atoms with E-state index in [1.807, 2.05) is 41.5 Å². The van der Waals surface area contributed by atoms with Crippen molar-refractivity contribution in [3.63, 3.8) is 0 Å². The second-order valence-electron chi connectivity index (χ2n) is 11.3. The van der Waals surface area contributed by atoms with E-state index in [-0.39, 0.29) is 41.8 Å². The van der Waals surface area contributed by atoms with Gasteiger partial charge < -0.3 is 25.1 Å². The zero-order chi connectivity index (χ0) is 27.1. The Morgan fingerprint density at radius 2 is 1.40 bits per heavy atom. The number of hydrogen-bond donors (Lipinski definition) is 2. The Hall–Kier alpha value is -2.94. The molecule has 0 aliphatic heterocycles. The van der Waals surface area contributed by atoms with Crippen LogP contribution in [0.1, 0.15) is 79.7 Å². The summed E-state index contributed by atoms with van der Waals surface area (Å²) in [5.41, 5.74) is 5.77. The van der Waals surface area contributed by atoms with Crippen molar-refractivity contribution in [2.24, 2.45) is 22.5 Å². The molecule has 0 spiro atoms. The highest BCUT2D eigenvalue weighted by Gasteiger charge is 2.33. The summed E-state index contributed by atoms with van der Waals surface area (Å²) in [5, 5.41) is 9.58. The number of aliphatic carboxylic acids is 1. The highest BCUT2D eigenvalue weighted by atomic mass is 16.6. The first kappa shape index (κ1) is 30.1. The first-order valence-electron chi connectivity index (χ1n) is 11.6. The molecule has 0 saturated carbocycles. The Kier molecular flexibility index (Phi) is 10.4. The lowest BCUT2D eigenvalue weighted by molar-refractivity contribution is -0.143. The van der Waals surface area contributed by atoms with E-state index in [1.54, 1.807) is 13.0 Å². The summed E-state index contributed by atoms with van der Waals surface area (Å²) in [5.74, 6) is -4.00. The van der Waals surface area contributed by atoms with Gasteiger partial charge in [0.05, 0.1) is 19.4 Å². The van der Waals surface area contributed by atoms with E-state index in [0.717, 1.165) is 0 Å². The maximum absolute atomic E-state index is 12.6. The molecule has 3 atom stereocenters. The molecule has 0 heterocycles. The van der Waals surface area contributed by atoms with Crippen molar-refractivity contribution in [1.29, 1.82) is 0 Å². The average molecular weight is 494 g/mol. The Morgan fingerprint density at radius 3 is 1.83 bits per heavy atom. The normalized spacial score (nSPS) is 14.4. The van der Waals surface area contributed by atoms with Gasteiger partial charge in [0.1, 0.15) is 6.04 Å². The molecule has 0 aliphatic carbocycles. The SMILES string of the molecule is CC(=O)OCC(C)C(c1ccc(OC(=O)CC(C)(C)C)c(OC(=O)CC(C)(C)C)c1)[C@H](N)C(=O)O. The molecule has 0 amide bonds. The largest absolute Gasteiger partial charge is 0.480 e. The number of carbonyl (C=O) groups excluding carboxylic acids is 3. The van der Waals surface area contributed by atoms with E-state index in [2.05, 4.69) is 0 Å². The molecule has 0 bridgehead atoms. The molecule has 9 heteroatoms. The monoisotopic (exact) mass is 493 g/mol. The smallest absolute Gasteiger partial charge is 0.321 e. The molecule has 0 aromatic heterocycles. The van der Waals surface area contributed by atoms with Crippen molar-refractivity contribution in [3.05, 3.63) is 23.8 Å². The summed E-state index contributed by atoms with van der Waals surface area (Å²) in [6.07, 6.45) is 0.240. The lowest BCUT2D eigenvalue weighted by atomic mass is 9.82. The minimum absolute atomic E-state index is 0.0127. The Morgan fingerprint density at radius 1 is 0.914 bits per heavy atom. The van der Waals surface area contributed by atoms with E-state index in [4.69, 9.17) is 19.9 Å². The summed E-state index contributed by atoms with van der Waals surface area (Å²) < 4.78 is 16.1. The lowest BCUT2D eigenvalue weighted by Crippen LogP contribution is -2.40. The summed E-state index contributed by atoms with van der Waals surface area (Å²) in [4.78, 5) is 48.1. The van der Waals surface area contributed by atoms with Gasteiger partial charge in [0.2, 0.25) is 0 Å². The zero-order valence-electron chi connectivity index (χ0n) is 22.0. The maximum Gasteiger partial charge on any atom is 0.321 e. The van der Waals surface area contributed by atoms with Crippen LogP contribution in [0.3, 0.4) is 0 Å². The maximum atomic E-state index is 12.6. The number of benzene rings is 1. The van der Waals surface area contributed by atoms with E-state index in [0.29, 0.717) is 5.56 Å². The molecule has 1 aromatic rings. The van der Waals surface area contributed by atoms with Gasteiger partial charge in [0.15, 0.2) is 11.5 Å². The van der Waals surface area contributed by atoms with Crippen LogP contribution < -0.4 is 15.2 Å². The number of carbonyl (C=O) groups is 4. The minimum Gasteiger partial charge on any atom is -0.480 e. The van der Waals surface area contributed by atoms with Crippen molar-refractivity contribution in [2.75, 3.05) is 6.61 Å². The zero-order valence-corrected chi connectivity index (χ0v) is 22.0. The van der Waals surface area contributed by atoms with Crippen LogP contribution in [0.4, 0.5) is 0 Å². The topological polar surface area (TPSA) is 142 Å². The van der Waals surface area contributed by atoms with Crippen molar-refractivity contribution < 1.29 is 38.5 Å². The van der Waals surface area contributed by atoms with Crippen LogP contribution >= 0.6 is 0 Å². The fraction of sp³-hybridized carbons (Fsp3) is 0.615. The van der Waals surface area contributed by atoms with Gasteiger partial charge in [-0.2, -0.15) is 0 Å². The third-order valence-corrected chi connectivity index (χ3v) is 4.98. The highest BCUT2D eigenvalue weighted by molar-refractivity contribution is 5.78. The highest BCUT2D eigenvalue weighted by Crippen LogP contribution is 2.37. The van der Waals surface area contributed by atoms with Gasteiger partial charge >= 0.3 is 23.9 Å². The lowest BCUT2D eigenvalue weighted by Gasteiger charge is -2.28. The summed E-state index contributed by atoms with van der Waals surface area (Å²) in [7, 11) is 0. The Bertz CT molecular complexity index is 926. The van der Waals surface area contributed by atoms with Crippen LogP contribution in [-0.4, -0.2) is 41.6 Å². The molecule has 0 radical (unpaired) electrons. The summed E-state index contributed by atoms with van der Waals surface area (Å²) in [6, 6.07) is 3.15. The van der Waals surface area contributed by atoms with Crippen molar-refractivity contribution in [2.45, 2.75) is 80.2 Å². The first-order chi connectivity index (χ1) is 15.9. The molecule has 0 aliphatic rings. The number of esters is 3. The van der Waals surface area contributed by atoms with Gasteiger partial charge in [0, 0.05) is 12.8 Å². The number of hydrogen-bond acceptors (Lipinski definition) is 8. The number of rotatable bonds is 10. The summed E-state index contributed by atoms with van der Waals surface area (Å²) in [6.45, 7) is 14.2. The molecule has 35 heavy (non-hydrogen) atoms. The molecular weight excluding hydrogens is 454 g/mol.